The lowest BCUT2D eigenvalue weighted by atomic mass is 10.1. The molecule has 0 aliphatic carbocycles. The maximum absolute atomic E-state index is 10.2. The quantitative estimate of drug-likeness (QED) is 0.539. The highest BCUT2D eigenvalue weighted by molar-refractivity contribution is 5.56. The van der Waals surface area contributed by atoms with E-state index in [9.17, 15) is 4.79 Å². The summed E-state index contributed by atoms with van der Waals surface area (Å²) in [6.07, 6.45) is 6.45. The van der Waals surface area contributed by atoms with E-state index in [2.05, 4.69) is 0 Å². The van der Waals surface area contributed by atoms with E-state index >= 15 is 0 Å². The maximum atomic E-state index is 10.2. The Hall–Kier alpha value is -0.410. The van der Waals surface area contributed by atoms with E-state index in [0.717, 1.165) is 32.1 Å². The van der Waals surface area contributed by atoms with Gasteiger partial charge in [0.05, 0.1) is 6.61 Å². The molecule has 1 heterocycles. The van der Waals surface area contributed by atoms with E-state index in [0.29, 0.717) is 6.61 Å². The molecule has 0 N–H and O–H groups in total. The smallest absolute Gasteiger partial charge is 0.233 e. The van der Waals surface area contributed by atoms with Crippen LogP contribution in [0, 0.1) is 0 Å². The molecule has 1 atom stereocenters. The Balaban J connectivity index is 2.24. The Kier molecular flexibility index (Phi) is 4.16. The maximum Gasteiger partial charge on any atom is 0.233 e. The van der Waals surface area contributed by atoms with E-state index in [4.69, 9.17) is 9.78 Å². The predicted molar refractivity (Wildman–Crippen MR) is 39.6 cm³/mol. The molecule has 1 aliphatic heterocycles. The van der Waals surface area contributed by atoms with Gasteiger partial charge in [0.25, 0.3) is 0 Å². The van der Waals surface area contributed by atoms with E-state index in [-0.39, 0.29) is 0 Å². The van der Waals surface area contributed by atoms with Gasteiger partial charge in [-0.25, -0.2) is 9.78 Å². The van der Waals surface area contributed by atoms with Crippen LogP contribution in [0.3, 0.4) is 0 Å². The van der Waals surface area contributed by atoms with Crippen LogP contribution < -0.4 is 0 Å². The average Bonchev–Trinajstić information content (AvgIpc) is 2.16. The number of rotatable bonds is 1. The zero-order valence-corrected chi connectivity index (χ0v) is 6.54. The van der Waals surface area contributed by atoms with Crippen molar-refractivity contribution in [2.45, 2.75) is 38.2 Å². The molecule has 1 unspecified atom stereocenters. The first-order valence-corrected chi connectivity index (χ1v) is 4.09. The van der Waals surface area contributed by atoms with Crippen LogP contribution in [-0.2, 0) is 14.6 Å². The van der Waals surface area contributed by atoms with Crippen molar-refractivity contribution in [2.75, 3.05) is 6.61 Å². The van der Waals surface area contributed by atoms with Crippen molar-refractivity contribution in [1.82, 2.24) is 0 Å². The van der Waals surface area contributed by atoms with Crippen molar-refractivity contribution in [3.8, 4) is 0 Å². The molecule has 1 radical (unpaired) electrons. The summed E-state index contributed by atoms with van der Waals surface area (Å²) in [6.45, 7) is 0.595. The summed E-state index contributed by atoms with van der Waals surface area (Å²) in [5.74, 6) is 0. The van der Waals surface area contributed by atoms with Crippen molar-refractivity contribution in [3.05, 3.63) is 0 Å². The minimum absolute atomic E-state index is 0.465. The van der Waals surface area contributed by atoms with Gasteiger partial charge in [0.1, 0.15) is 0 Å². The van der Waals surface area contributed by atoms with Gasteiger partial charge in [-0.3, -0.25) is 4.79 Å². The second kappa shape index (κ2) is 5.27. The van der Waals surface area contributed by atoms with Crippen molar-refractivity contribution < 1.29 is 14.6 Å². The van der Waals surface area contributed by atoms with Crippen LogP contribution in [0.4, 0.5) is 0 Å². The highest BCUT2D eigenvalue weighted by atomic mass is 17.2. The number of hydrogen-bond donors (Lipinski definition) is 0. The molecule has 3 nitrogen and oxygen atoms in total. The molecule has 11 heavy (non-hydrogen) atoms. The average molecular weight is 157 g/mol. The standard InChI is InChI=1S/C8H13O3/c9-7-8-5-3-1-2-4-6-10-11-8/h8H,1-6H2. The predicted octanol–water partition coefficient (Wildman–Crippen LogP) is 1.38. The van der Waals surface area contributed by atoms with E-state index in [1.165, 1.54) is 0 Å². The third-order valence-electron chi connectivity index (χ3n) is 1.76. The molecule has 1 saturated heterocycles. The monoisotopic (exact) mass is 157 g/mol. The van der Waals surface area contributed by atoms with Crippen molar-refractivity contribution >= 4 is 6.29 Å². The topological polar surface area (TPSA) is 35.5 Å². The first-order chi connectivity index (χ1) is 5.43. The summed E-state index contributed by atoms with van der Waals surface area (Å²) in [6, 6.07) is 0. The lowest BCUT2D eigenvalue weighted by Gasteiger charge is -2.06. The third kappa shape index (κ3) is 3.49. The van der Waals surface area contributed by atoms with Gasteiger partial charge in [-0.05, 0) is 12.8 Å². The van der Waals surface area contributed by atoms with Crippen LogP contribution in [-0.4, -0.2) is 19.0 Å². The van der Waals surface area contributed by atoms with Gasteiger partial charge in [0.15, 0.2) is 6.10 Å². The zero-order chi connectivity index (χ0) is 7.94. The molecule has 1 aliphatic rings. The molecule has 0 aromatic rings. The summed E-state index contributed by atoms with van der Waals surface area (Å²) >= 11 is 0. The molecule has 0 spiro atoms. The van der Waals surface area contributed by atoms with Crippen LogP contribution in [0.25, 0.3) is 0 Å². The Morgan fingerprint density at radius 2 is 2.00 bits per heavy atom. The molecule has 1 fully saturated rings. The Labute approximate surface area is 66.6 Å². The van der Waals surface area contributed by atoms with Gasteiger partial charge in [0, 0.05) is 0 Å². The lowest BCUT2D eigenvalue weighted by Crippen LogP contribution is -2.14. The van der Waals surface area contributed by atoms with Gasteiger partial charge in [0.2, 0.25) is 6.29 Å². The highest BCUT2D eigenvalue weighted by Gasteiger charge is 2.10. The highest BCUT2D eigenvalue weighted by Crippen LogP contribution is 2.10. The van der Waals surface area contributed by atoms with Gasteiger partial charge in [-0.15, -0.1) is 0 Å². The minimum atomic E-state index is -0.465. The first kappa shape index (κ1) is 8.68. The number of hydrogen-bond acceptors (Lipinski definition) is 3. The van der Waals surface area contributed by atoms with E-state index in [1.54, 1.807) is 6.29 Å². The Morgan fingerprint density at radius 3 is 2.82 bits per heavy atom. The fourth-order valence-electron chi connectivity index (χ4n) is 1.10. The summed E-state index contributed by atoms with van der Waals surface area (Å²) in [5, 5.41) is 0. The Bertz CT molecular complexity index is 104. The molecule has 0 aromatic heterocycles. The molecular formula is C8H13O3. The van der Waals surface area contributed by atoms with Crippen LogP contribution in [0.1, 0.15) is 32.1 Å². The zero-order valence-electron chi connectivity index (χ0n) is 6.54. The first-order valence-electron chi connectivity index (χ1n) is 4.09. The lowest BCUT2D eigenvalue weighted by molar-refractivity contribution is -0.309. The molecular weight excluding hydrogens is 144 g/mol. The van der Waals surface area contributed by atoms with Gasteiger partial charge in [-0.1, -0.05) is 19.3 Å². The molecule has 0 amide bonds. The van der Waals surface area contributed by atoms with E-state index < -0.39 is 6.10 Å². The van der Waals surface area contributed by atoms with Crippen molar-refractivity contribution in [1.29, 1.82) is 0 Å². The third-order valence-corrected chi connectivity index (χ3v) is 1.76. The van der Waals surface area contributed by atoms with Gasteiger partial charge < -0.3 is 0 Å². The molecule has 3 heteroatoms. The molecule has 0 aromatic carbocycles. The summed E-state index contributed by atoms with van der Waals surface area (Å²) in [7, 11) is 0. The summed E-state index contributed by atoms with van der Waals surface area (Å²) in [5.41, 5.74) is 0. The molecule has 0 bridgehead atoms. The summed E-state index contributed by atoms with van der Waals surface area (Å²) < 4.78 is 0. The second-order valence-corrected chi connectivity index (χ2v) is 2.73. The molecule has 0 saturated carbocycles. The van der Waals surface area contributed by atoms with Crippen LogP contribution >= 0.6 is 0 Å². The van der Waals surface area contributed by atoms with Gasteiger partial charge >= 0.3 is 0 Å². The van der Waals surface area contributed by atoms with Crippen LogP contribution in [0.2, 0.25) is 0 Å². The van der Waals surface area contributed by atoms with Crippen molar-refractivity contribution in [3.63, 3.8) is 0 Å². The SMILES string of the molecule is O=[C]C1CCCCCCOO1. The largest absolute Gasteiger partial charge is 0.288 e. The van der Waals surface area contributed by atoms with Crippen LogP contribution in [0.5, 0.6) is 0 Å². The van der Waals surface area contributed by atoms with E-state index in [1.807, 2.05) is 0 Å². The van der Waals surface area contributed by atoms with Crippen LogP contribution in [0.15, 0.2) is 0 Å². The van der Waals surface area contributed by atoms with Gasteiger partial charge in [-0.2, -0.15) is 0 Å². The Morgan fingerprint density at radius 1 is 1.18 bits per heavy atom. The fourth-order valence-corrected chi connectivity index (χ4v) is 1.10. The molecule has 1 rings (SSSR count). The minimum Gasteiger partial charge on any atom is -0.288 e. The number of carbonyl (C=O) groups excluding carboxylic acids is 1. The fraction of sp³-hybridized carbons (Fsp3) is 0.875. The molecule has 63 valence electrons. The second-order valence-electron chi connectivity index (χ2n) is 2.73. The summed E-state index contributed by atoms with van der Waals surface area (Å²) in [4.78, 5) is 19.8. The normalized spacial score (nSPS) is 28.2. The van der Waals surface area contributed by atoms with Crippen molar-refractivity contribution in [2.24, 2.45) is 0 Å².